The third-order valence-corrected chi connectivity index (χ3v) is 3.53. The van der Waals surface area contributed by atoms with Crippen LogP contribution in [-0.4, -0.2) is 16.3 Å². The van der Waals surface area contributed by atoms with Gasteiger partial charge < -0.3 is 5.32 Å². The summed E-state index contributed by atoms with van der Waals surface area (Å²) in [5, 5.41) is 7.78. The summed E-state index contributed by atoms with van der Waals surface area (Å²) in [4.78, 5) is 0. The van der Waals surface area contributed by atoms with Crippen molar-refractivity contribution in [1.29, 1.82) is 0 Å². The Morgan fingerprint density at radius 2 is 2.06 bits per heavy atom. The molecule has 3 heteroatoms. The molecule has 1 saturated carbocycles. The molecule has 1 heterocycles. The third kappa shape index (κ3) is 3.26. The van der Waals surface area contributed by atoms with Crippen LogP contribution in [-0.2, 0) is 6.54 Å². The highest BCUT2D eigenvalue weighted by molar-refractivity contribution is 5.37. The van der Waals surface area contributed by atoms with Crippen LogP contribution >= 0.6 is 0 Å². The molecule has 1 aliphatic carbocycles. The lowest BCUT2D eigenvalue weighted by Crippen LogP contribution is -2.13. The quantitative estimate of drug-likeness (QED) is 0.791. The first-order chi connectivity index (χ1) is 7.88. The number of hydrogen-bond donors (Lipinski definition) is 1. The van der Waals surface area contributed by atoms with Crippen LogP contribution in [0.5, 0.6) is 0 Å². The van der Waals surface area contributed by atoms with Gasteiger partial charge in [-0.3, -0.25) is 4.68 Å². The smallest absolute Gasteiger partial charge is 0.0726 e. The Balaban J connectivity index is 1.77. The van der Waals surface area contributed by atoms with E-state index in [9.17, 15) is 0 Å². The van der Waals surface area contributed by atoms with E-state index in [1.54, 1.807) is 0 Å². The SMILES string of the molecule is CCn1cc(NCC2CCCCCC2)cn1. The Morgan fingerprint density at radius 3 is 2.69 bits per heavy atom. The molecule has 0 unspecified atom stereocenters. The molecule has 0 radical (unpaired) electrons. The summed E-state index contributed by atoms with van der Waals surface area (Å²) in [6.45, 7) is 4.18. The second-order valence-electron chi connectivity index (χ2n) is 4.82. The van der Waals surface area contributed by atoms with Crippen molar-refractivity contribution in [3.05, 3.63) is 12.4 Å². The van der Waals surface area contributed by atoms with Gasteiger partial charge in [0.2, 0.25) is 0 Å². The summed E-state index contributed by atoms with van der Waals surface area (Å²) in [5.74, 6) is 0.868. The zero-order valence-electron chi connectivity index (χ0n) is 10.3. The molecule has 1 aliphatic rings. The summed E-state index contributed by atoms with van der Waals surface area (Å²) in [5.41, 5.74) is 1.17. The first-order valence-corrected chi connectivity index (χ1v) is 6.65. The Bertz CT molecular complexity index is 298. The standard InChI is InChI=1S/C13H23N3/c1-2-16-11-13(10-15-16)14-9-12-7-5-3-4-6-8-12/h10-12,14H,2-9H2,1H3. The Morgan fingerprint density at radius 1 is 1.31 bits per heavy atom. The number of hydrogen-bond acceptors (Lipinski definition) is 2. The molecule has 0 spiro atoms. The summed E-state index contributed by atoms with van der Waals surface area (Å²) < 4.78 is 1.97. The predicted molar refractivity (Wildman–Crippen MR) is 67.6 cm³/mol. The lowest BCUT2D eigenvalue weighted by Gasteiger charge is -2.14. The maximum atomic E-state index is 4.27. The van der Waals surface area contributed by atoms with E-state index < -0.39 is 0 Å². The highest BCUT2D eigenvalue weighted by atomic mass is 15.3. The van der Waals surface area contributed by atoms with Crippen molar-refractivity contribution in [3.63, 3.8) is 0 Å². The average Bonchev–Trinajstić information content (AvgIpc) is 2.61. The van der Waals surface area contributed by atoms with Crippen LogP contribution in [0, 0.1) is 5.92 Å². The van der Waals surface area contributed by atoms with Crippen molar-refractivity contribution in [1.82, 2.24) is 9.78 Å². The van der Waals surface area contributed by atoms with E-state index in [0.717, 1.165) is 19.0 Å². The predicted octanol–water partition coefficient (Wildman–Crippen LogP) is 3.29. The largest absolute Gasteiger partial charge is 0.382 e. The van der Waals surface area contributed by atoms with Gasteiger partial charge in [-0.1, -0.05) is 25.7 Å². The normalized spacial score (nSPS) is 18.3. The minimum Gasteiger partial charge on any atom is -0.382 e. The van der Waals surface area contributed by atoms with Crippen LogP contribution in [0.25, 0.3) is 0 Å². The average molecular weight is 221 g/mol. The molecule has 1 aromatic rings. The Labute approximate surface area is 98.2 Å². The van der Waals surface area contributed by atoms with Gasteiger partial charge in [0, 0.05) is 19.3 Å². The number of anilines is 1. The topological polar surface area (TPSA) is 29.9 Å². The van der Waals surface area contributed by atoms with E-state index in [1.807, 2.05) is 10.9 Å². The fourth-order valence-electron chi connectivity index (χ4n) is 2.46. The molecule has 1 fully saturated rings. The fourth-order valence-corrected chi connectivity index (χ4v) is 2.46. The maximum absolute atomic E-state index is 4.27. The second kappa shape index (κ2) is 5.92. The molecule has 16 heavy (non-hydrogen) atoms. The highest BCUT2D eigenvalue weighted by Crippen LogP contribution is 2.23. The van der Waals surface area contributed by atoms with Crippen molar-refractivity contribution < 1.29 is 0 Å². The van der Waals surface area contributed by atoms with Gasteiger partial charge in [0.05, 0.1) is 11.9 Å². The van der Waals surface area contributed by atoms with Gasteiger partial charge >= 0.3 is 0 Å². The monoisotopic (exact) mass is 221 g/mol. The van der Waals surface area contributed by atoms with Gasteiger partial charge in [-0.15, -0.1) is 0 Å². The van der Waals surface area contributed by atoms with Gasteiger partial charge in [-0.05, 0) is 25.7 Å². The first-order valence-electron chi connectivity index (χ1n) is 6.65. The molecule has 1 aromatic heterocycles. The fraction of sp³-hybridized carbons (Fsp3) is 0.769. The number of rotatable bonds is 4. The number of nitrogens with zero attached hydrogens (tertiary/aromatic N) is 2. The first kappa shape index (κ1) is 11.5. The van der Waals surface area contributed by atoms with Crippen molar-refractivity contribution in [2.75, 3.05) is 11.9 Å². The summed E-state index contributed by atoms with van der Waals surface area (Å²) in [7, 11) is 0. The van der Waals surface area contributed by atoms with Crippen LogP contribution < -0.4 is 5.32 Å². The number of nitrogens with one attached hydrogen (secondary N) is 1. The zero-order chi connectivity index (χ0) is 11.2. The molecule has 0 aromatic carbocycles. The molecule has 0 amide bonds. The van der Waals surface area contributed by atoms with Gasteiger partial charge in [0.15, 0.2) is 0 Å². The molecule has 2 rings (SSSR count). The van der Waals surface area contributed by atoms with E-state index in [1.165, 1.54) is 44.2 Å². The second-order valence-corrected chi connectivity index (χ2v) is 4.82. The highest BCUT2D eigenvalue weighted by Gasteiger charge is 2.11. The van der Waals surface area contributed by atoms with Gasteiger partial charge in [-0.25, -0.2) is 0 Å². The summed E-state index contributed by atoms with van der Waals surface area (Å²) >= 11 is 0. The van der Waals surface area contributed by atoms with Crippen molar-refractivity contribution in [2.24, 2.45) is 5.92 Å². The third-order valence-electron chi connectivity index (χ3n) is 3.53. The minimum atomic E-state index is 0.868. The van der Waals surface area contributed by atoms with Gasteiger partial charge in [-0.2, -0.15) is 5.10 Å². The van der Waals surface area contributed by atoms with Crippen LogP contribution in [0.4, 0.5) is 5.69 Å². The van der Waals surface area contributed by atoms with Crippen LogP contribution in [0.15, 0.2) is 12.4 Å². The van der Waals surface area contributed by atoms with Crippen molar-refractivity contribution in [3.8, 4) is 0 Å². The Hall–Kier alpha value is -0.990. The number of aromatic nitrogens is 2. The van der Waals surface area contributed by atoms with Crippen LogP contribution in [0.2, 0.25) is 0 Å². The number of aryl methyl sites for hydroxylation is 1. The van der Waals surface area contributed by atoms with Gasteiger partial charge in [0.1, 0.15) is 0 Å². The zero-order valence-corrected chi connectivity index (χ0v) is 10.3. The summed E-state index contributed by atoms with van der Waals surface area (Å²) in [6.07, 6.45) is 12.5. The van der Waals surface area contributed by atoms with Crippen molar-refractivity contribution in [2.45, 2.75) is 52.0 Å². The molecule has 0 saturated heterocycles. The van der Waals surface area contributed by atoms with E-state index >= 15 is 0 Å². The molecule has 0 atom stereocenters. The Kier molecular flexibility index (Phi) is 4.25. The lowest BCUT2D eigenvalue weighted by atomic mass is 10.0. The molecule has 0 aliphatic heterocycles. The summed E-state index contributed by atoms with van der Waals surface area (Å²) in [6, 6.07) is 0. The van der Waals surface area contributed by atoms with Gasteiger partial charge in [0.25, 0.3) is 0 Å². The van der Waals surface area contributed by atoms with E-state index in [0.29, 0.717) is 0 Å². The van der Waals surface area contributed by atoms with Crippen molar-refractivity contribution >= 4 is 5.69 Å². The van der Waals surface area contributed by atoms with E-state index in [-0.39, 0.29) is 0 Å². The molecule has 3 nitrogen and oxygen atoms in total. The molecular formula is C13H23N3. The molecule has 90 valence electrons. The molecule has 1 N–H and O–H groups in total. The van der Waals surface area contributed by atoms with E-state index in [4.69, 9.17) is 0 Å². The minimum absolute atomic E-state index is 0.868. The lowest BCUT2D eigenvalue weighted by molar-refractivity contribution is 0.483. The van der Waals surface area contributed by atoms with Crippen LogP contribution in [0.1, 0.15) is 45.4 Å². The molecular weight excluding hydrogens is 198 g/mol. The maximum Gasteiger partial charge on any atom is 0.0726 e. The van der Waals surface area contributed by atoms with Crippen LogP contribution in [0.3, 0.4) is 0 Å². The molecule has 0 bridgehead atoms. The van der Waals surface area contributed by atoms with E-state index in [2.05, 4.69) is 23.5 Å².